The maximum absolute atomic E-state index is 13.1. The first-order chi connectivity index (χ1) is 14.5. The van der Waals surface area contributed by atoms with Crippen LogP contribution in [-0.2, 0) is 16.0 Å². The zero-order valence-corrected chi connectivity index (χ0v) is 18.5. The average Bonchev–Trinajstić information content (AvgIpc) is 3.26. The number of hydrogen-bond acceptors (Lipinski definition) is 4. The largest absolute Gasteiger partial charge is 0.490 e. The lowest BCUT2D eigenvalue weighted by molar-refractivity contribution is -0.118. The van der Waals surface area contributed by atoms with E-state index in [1.54, 1.807) is 23.1 Å². The number of primary amides is 1. The van der Waals surface area contributed by atoms with Gasteiger partial charge in [0, 0.05) is 31.7 Å². The molecule has 160 valence electrons. The van der Waals surface area contributed by atoms with Crippen LogP contribution >= 0.6 is 15.9 Å². The molecule has 1 saturated heterocycles. The van der Waals surface area contributed by atoms with Crippen LogP contribution in [0.25, 0.3) is 0 Å². The predicted molar refractivity (Wildman–Crippen MR) is 118 cm³/mol. The van der Waals surface area contributed by atoms with Gasteiger partial charge in [0.05, 0.1) is 10.6 Å². The monoisotopic (exact) mass is 474 g/mol. The second kappa shape index (κ2) is 11.1. The van der Waals surface area contributed by atoms with E-state index in [1.807, 2.05) is 30.3 Å². The van der Waals surface area contributed by atoms with Crippen LogP contribution in [0.4, 0.5) is 0 Å². The van der Waals surface area contributed by atoms with Crippen molar-refractivity contribution >= 4 is 27.7 Å². The molecule has 0 aliphatic carbocycles. The molecule has 1 heterocycles. The highest BCUT2D eigenvalue weighted by atomic mass is 79.9. The lowest BCUT2D eigenvalue weighted by Gasteiger charge is -2.23. The molecule has 6 nitrogen and oxygen atoms in total. The number of nitrogens with zero attached hydrogens (tertiary/aromatic N) is 1. The molecule has 2 aromatic carbocycles. The Bertz CT molecular complexity index is 854. The maximum atomic E-state index is 13.1. The number of rotatable bonds is 10. The van der Waals surface area contributed by atoms with Crippen LogP contribution in [-0.4, -0.2) is 49.1 Å². The third-order valence-corrected chi connectivity index (χ3v) is 5.68. The van der Waals surface area contributed by atoms with E-state index in [2.05, 4.69) is 15.9 Å². The Kier molecular flexibility index (Phi) is 8.28. The fourth-order valence-corrected chi connectivity index (χ4v) is 3.85. The summed E-state index contributed by atoms with van der Waals surface area (Å²) in [5.41, 5.74) is 6.97. The molecule has 0 saturated carbocycles. The first-order valence-corrected chi connectivity index (χ1v) is 11.0. The van der Waals surface area contributed by atoms with Crippen LogP contribution in [0.15, 0.2) is 53.0 Å². The van der Waals surface area contributed by atoms with Gasteiger partial charge in [-0.1, -0.05) is 30.3 Å². The van der Waals surface area contributed by atoms with Gasteiger partial charge in [-0.3, -0.25) is 9.59 Å². The van der Waals surface area contributed by atoms with Crippen molar-refractivity contribution in [3.05, 3.63) is 64.1 Å². The van der Waals surface area contributed by atoms with Gasteiger partial charge in [0.1, 0.15) is 12.4 Å². The lowest BCUT2D eigenvalue weighted by Crippen LogP contribution is -2.35. The van der Waals surface area contributed by atoms with E-state index in [0.29, 0.717) is 35.4 Å². The fourth-order valence-electron chi connectivity index (χ4n) is 3.36. The van der Waals surface area contributed by atoms with E-state index in [4.69, 9.17) is 15.2 Å². The Balaban J connectivity index is 1.65. The second-order valence-corrected chi connectivity index (χ2v) is 8.19. The summed E-state index contributed by atoms with van der Waals surface area (Å²) in [4.78, 5) is 26.0. The first kappa shape index (κ1) is 22.3. The number of amides is 2. The van der Waals surface area contributed by atoms with E-state index in [0.717, 1.165) is 25.0 Å². The molecule has 0 bridgehead atoms. The van der Waals surface area contributed by atoms with Gasteiger partial charge in [-0.05, 0) is 59.0 Å². The molecule has 0 spiro atoms. The molecule has 0 radical (unpaired) electrons. The molecule has 30 heavy (non-hydrogen) atoms. The SMILES string of the molecule is NC(=O)CCN(CCc1ccccc1)C(=O)c1ccc(OCC2CCCO2)c(Br)c1. The zero-order chi connectivity index (χ0) is 21.3. The third-order valence-electron chi connectivity index (χ3n) is 5.06. The molecule has 1 atom stereocenters. The van der Waals surface area contributed by atoms with Gasteiger partial charge in [-0.15, -0.1) is 0 Å². The van der Waals surface area contributed by atoms with E-state index in [-0.39, 0.29) is 25.0 Å². The van der Waals surface area contributed by atoms with Gasteiger partial charge in [0.25, 0.3) is 5.91 Å². The summed E-state index contributed by atoms with van der Waals surface area (Å²) in [5, 5.41) is 0. The standard InChI is InChI=1S/C23H27BrN2O4/c24-20-15-18(8-9-21(20)30-16-19-7-4-14-29-19)23(28)26(13-11-22(25)27)12-10-17-5-2-1-3-6-17/h1-3,5-6,8-9,15,19H,4,7,10-14,16H2,(H2,25,27). The van der Waals surface area contributed by atoms with Crippen LogP contribution in [0.1, 0.15) is 35.2 Å². The van der Waals surface area contributed by atoms with Crippen molar-refractivity contribution < 1.29 is 19.1 Å². The summed E-state index contributed by atoms with van der Waals surface area (Å²) in [6.45, 7) is 2.07. The highest BCUT2D eigenvalue weighted by Gasteiger charge is 2.19. The topological polar surface area (TPSA) is 81.9 Å². The summed E-state index contributed by atoms with van der Waals surface area (Å²) < 4.78 is 12.1. The Morgan fingerprint density at radius 2 is 1.97 bits per heavy atom. The Labute approximate surface area is 185 Å². The first-order valence-electron chi connectivity index (χ1n) is 10.2. The molecular weight excluding hydrogens is 448 g/mol. The van der Waals surface area contributed by atoms with Crippen LogP contribution in [0, 0.1) is 0 Å². The summed E-state index contributed by atoms with van der Waals surface area (Å²) in [6.07, 6.45) is 3.02. The normalized spacial score (nSPS) is 15.7. The number of hydrogen-bond donors (Lipinski definition) is 1. The molecular formula is C23H27BrN2O4. The van der Waals surface area contributed by atoms with Gasteiger partial charge in [0.15, 0.2) is 0 Å². The van der Waals surface area contributed by atoms with Crippen molar-refractivity contribution in [2.45, 2.75) is 31.8 Å². The van der Waals surface area contributed by atoms with Crippen molar-refractivity contribution in [2.24, 2.45) is 5.73 Å². The summed E-state index contributed by atoms with van der Waals surface area (Å²) in [6, 6.07) is 15.2. The molecule has 3 rings (SSSR count). The van der Waals surface area contributed by atoms with Crippen molar-refractivity contribution in [1.82, 2.24) is 4.90 Å². The molecule has 2 aromatic rings. The van der Waals surface area contributed by atoms with Gasteiger partial charge in [0.2, 0.25) is 5.91 Å². The number of halogens is 1. The minimum absolute atomic E-state index is 0.125. The van der Waals surface area contributed by atoms with Crippen molar-refractivity contribution in [2.75, 3.05) is 26.3 Å². The van der Waals surface area contributed by atoms with E-state index < -0.39 is 5.91 Å². The smallest absolute Gasteiger partial charge is 0.253 e. The molecule has 0 aromatic heterocycles. The van der Waals surface area contributed by atoms with Gasteiger partial charge in [-0.25, -0.2) is 0 Å². The van der Waals surface area contributed by atoms with E-state index in [9.17, 15) is 9.59 Å². The van der Waals surface area contributed by atoms with Crippen molar-refractivity contribution in [3.8, 4) is 5.75 Å². The van der Waals surface area contributed by atoms with E-state index in [1.165, 1.54) is 0 Å². The molecule has 1 fully saturated rings. The summed E-state index contributed by atoms with van der Waals surface area (Å²) in [7, 11) is 0. The molecule has 2 amide bonds. The summed E-state index contributed by atoms with van der Waals surface area (Å²) >= 11 is 3.50. The average molecular weight is 475 g/mol. The molecule has 1 unspecified atom stereocenters. The van der Waals surface area contributed by atoms with Crippen LogP contribution in [0.5, 0.6) is 5.75 Å². The second-order valence-electron chi connectivity index (χ2n) is 7.34. The highest BCUT2D eigenvalue weighted by molar-refractivity contribution is 9.10. The number of benzene rings is 2. The predicted octanol–water partition coefficient (Wildman–Crippen LogP) is 3.57. The Hall–Kier alpha value is -2.38. The molecule has 1 aliphatic heterocycles. The summed E-state index contributed by atoms with van der Waals surface area (Å²) in [5.74, 6) is 0.111. The van der Waals surface area contributed by atoms with Crippen molar-refractivity contribution in [1.29, 1.82) is 0 Å². The van der Waals surface area contributed by atoms with Crippen LogP contribution in [0.3, 0.4) is 0 Å². The minimum Gasteiger partial charge on any atom is -0.490 e. The van der Waals surface area contributed by atoms with Crippen molar-refractivity contribution in [3.63, 3.8) is 0 Å². The van der Waals surface area contributed by atoms with E-state index >= 15 is 0 Å². The van der Waals surface area contributed by atoms with Crippen LogP contribution < -0.4 is 10.5 Å². The number of nitrogens with two attached hydrogens (primary N) is 1. The minimum atomic E-state index is -0.424. The lowest BCUT2D eigenvalue weighted by atomic mass is 10.1. The maximum Gasteiger partial charge on any atom is 0.253 e. The third kappa shape index (κ3) is 6.57. The molecule has 7 heteroatoms. The molecule has 1 aliphatic rings. The quantitative estimate of drug-likeness (QED) is 0.570. The number of carbonyl (C=O) groups is 2. The number of carbonyl (C=O) groups excluding carboxylic acids is 2. The van der Waals surface area contributed by atoms with Gasteiger partial charge in [-0.2, -0.15) is 0 Å². The fraction of sp³-hybridized carbons (Fsp3) is 0.391. The Morgan fingerprint density at radius 3 is 2.63 bits per heavy atom. The van der Waals surface area contributed by atoms with Gasteiger partial charge >= 0.3 is 0 Å². The van der Waals surface area contributed by atoms with Crippen LogP contribution in [0.2, 0.25) is 0 Å². The Morgan fingerprint density at radius 1 is 1.17 bits per heavy atom. The molecule has 2 N–H and O–H groups in total. The van der Waals surface area contributed by atoms with Gasteiger partial charge < -0.3 is 20.1 Å². The highest BCUT2D eigenvalue weighted by Crippen LogP contribution is 2.27. The number of ether oxygens (including phenoxy) is 2. The zero-order valence-electron chi connectivity index (χ0n) is 16.9.